The minimum Gasteiger partial charge on any atom is -0.489 e. The molecular formula is C26H19Cl2NO3. The number of allylic oxidation sites excluding steroid dienone is 1. The number of aryl methyl sites for hydroxylation is 1. The Morgan fingerprint density at radius 2 is 1.91 bits per heavy atom. The van der Waals surface area contributed by atoms with Gasteiger partial charge in [0.1, 0.15) is 18.1 Å². The van der Waals surface area contributed by atoms with Gasteiger partial charge in [-0.2, -0.15) is 0 Å². The van der Waals surface area contributed by atoms with Crippen molar-refractivity contribution >= 4 is 46.0 Å². The zero-order chi connectivity index (χ0) is 22.2. The number of hydrogen-bond donors (Lipinski definition) is 0. The Bertz CT molecular complexity index is 1390. The number of carbonyl (C=O) groups excluding carboxylic acids is 1. The monoisotopic (exact) mass is 463 g/mol. The maximum Gasteiger partial charge on any atom is 0.231 e. The highest BCUT2D eigenvalue weighted by molar-refractivity contribution is 6.35. The van der Waals surface area contributed by atoms with Crippen molar-refractivity contribution in [1.29, 1.82) is 0 Å². The highest BCUT2D eigenvalue weighted by atomic mass is 35.5. The predicted molar refractivity (Wildman–Crippen MR) is 128 cm³/mol. The first-order valence-corrected chi connectivity index (χ1v) is 11.0. The molecular weight excluding hydrogens is 445 g/mol. The summed E-state index contributed by atoms with van der Waals surface area (Å²) in [5.74, 6) is 1.24. The van der Waals surface area contributed by atoms with Crippen LogP contribution in [0.2, 0.25) is 10.0 Å². The Morgan fingerprint density at radius 1 is 1.06 bits per heavy atom. The van der Waals surface area contributed by atoms with Gasteiger partial charge < -0.3 is 14.0 Å². The van der Waals surface area contributed by atoms with E-state index >= 15 is 0 Å². The molecule has 0 N–H and O–H groups in total. The van der Waals surface area contributed by atoms with Crippen LogP contribution < -0.4 is 9.47 Å². The number of ketones is 1. The number of ether oxygens (including phenoxy) is 2. The van der Waals surface area contributed by atoms with Gasteiger partial charge in [-0.3, -0.25) is 4.79 Å². The molecule has 3 aromatic carbocycles. The second-order valence-electron chi connectivity index (χ2n) is 7.51. The third kappa shape index (κ3) is 3.77. The predicted octanol–water partition coefficient (Wildman–Crippen LogP) is 7.16. The number of fused-ring (bicyclic) bond motifs is 2. The SMILES string of the molecule is CCn1cc(C=C2Oc3cc(OCc4ccc(Cl)cc4Cl)ccc3C2=O)c2ccccc21. The Kier molecular flexibility index (Phi) is 5.41. The van der Waals surface area contributed by atoms with Crippen molar-refractivity contribution in [2.75, 3.05) is 0 Å². The van der Waals surface area contributed by atoms with Gasteiger partial charge in [0.25, 0.3) is 0 Å². The van der Waals surface area contributed by atoms with E-state index < -0.39 is 0 Å². The molecule has 32 heavy (non-hydrogen) atoms. The number of benzene rings is 3. The van der Waals surface area contributed by atoms with Gasteiger partial charge in [0.2, 0.25) is 5.78 Å². The summed E-state index contributed by atoms with van der Waals surface area (Å²) in [6, 6.07) is 18.6. The fourth-order valence-electron chi connectivity index (χ4n) is 3.85. The Morgan fingerprint density at radius 3 is 2.72 bits per heavy atom. The van der Waals surface area contributed by atoms with Crippen LogP contribution in [-0.4, -0.2) is 10.4 Å². The number of rotatable bonds is 5. The highest BCUT2D eigenvalue weighted by Crippen LogP contribution is 2.36. The van der Waals surface area contributed by atoms with Crippen LogP contribution in [0.15, 0.2) is 72.6 Å². The third-order valence-electron chi connectivity index (χ3n) is 5.50. The molecule has 4 aromatic rings. The molecule has 4 nitrogen and oxygen atoms in total. The molecule has 1 aliphatic rings. The molecule has 1 aliphatic heterocycles. The topological polar surface area (TPSA) is 40.5 Å². The summed E-state index contributed by atoms with van der Waals surface area (Å²) in [5, 5.41) is 2.20. The number of hydrogen-bond acceptors (Lipinski definition) is 3. The standard InChI is InChI=1S/C26H19Cl2NO3/c1-2-29-14-17(20-5-3-4-6-23(20)29)11-25-26(30)21-10-9-19(13-24(21)32-25)31-15-16-7-8-18(27)12-22(16)28/h3-14H,2,15H2,1H3. The lowest BCUT2D eigenvalue weighted by atomic mass is 10.1. The third-order valence-corrected chi connectivity index (χ3v) is 6.08. The fraction of sp³-hybridized carbons (Fsp3) is 0.115. The first kappa shape index (κ1) is 20.7. The summed E-state index contributed by atoms with van der Waals surface area (Å²) in [6.45, 7) is 3.22. The van der Waals surface area contributed by atoms with Gasteiger partial charge in [-0.1, -0.05) is 47.5 Å². The van der Waals surface area contributed by atoms with Crippen LogP contribution in [0.4, 0.5) is 0 Å². The molecule has 0 unspecified atom stereocenters. The van der Waals surface area contributed by atoms with E-state index in [1.165, 1.54) is 0 Å². The van der Waals surface area contributed by atoms with E-state index in [9.17, 15) is 4.79 Å². The van der Waals surface area contributed by atoms with Crippen LogP contribution in [0.1, 0.15) is 28.4 Å². The molecule has 0 atom stereocenters. The Balaban J connectivity index is 1.39. The first-order chi connectivity index (χ1) is 15.5. The maximum atomic E-state index is 12.9. The Hall–Kier alpha value is -3.21. The van der Waals surface area contributed by atoms with E-state index in [2.05, 4.69) is 17.6 Å². The van der Waals surface area contributed by atoms with E-state index in [4.69, 9.17) is 32.7 Å². The normalized spacial score (nSPS) is 14.1. The van der Waals surface area contributed by atoms with Gasteiger partial charge in [0, 0.05) is 50.9 Å². The van der Waals surface area contributed by atoms with Gasteiger partial charge in [0.15, 0.2) is 5.76 Å². The molecule has 0 saturated heterocycles. The molecule has 5 rings (SSSR count). The number of aromatic nitrogens is 1. The zero-order valence-electron chi connectivity index (χ0n) is 17.3. The van der Waals surface area contributed by atoms with Gasteiger partial charge >= 0.3 is 0 Å². The van der Waals surface area contributed by atoms with Crippen LogP contribution in [0.5, 0.6) is 11.5 Å². The van der Waals surface area contributed by atoms with Gasteiger partial charge in [-0.25, -0.2) is 0 Å². The van der Waals surface area contributed by atoms with E-state index in [0.717, 1.165) is 28.6 Å². The van der Waals surface area contributed by atoms with E-state index in [0.29, 0.717) is 32.9 Å². The molecule has 2 heterocycles. The van der Waals surface area contributed by atoms with Gasteiger partial charge in [-0.05, 0) is 43.3 Å². The van der Waals surface area contributed by atoms with Crippen molar-refractivity contribution in [2.24, 2.45) is 0 Å². The smallest absolute Gasteiger partial charge is 0.231 e. The lowest BCUT2D eigenvalue weighted by Crippen LogP contribution is -1.98. The van der Waals surface area contributed by atoms with Gasteiger partial charge in [0.05, 0.1) is 5.56 Å². The van der Waals surface area contributed by atoms with Crippen molar-refractivity contribution < 1.29 is 14.3 Å². The molecule has 0 saturated carbocycles. The Labute approximate surface area is 195 Å². The minimum absolute atomic E-state index is 0.138. The summed E-state index contributed by atoms with van der Waals surface area (Å²) >= 11 is 12.2. The summed E-state index contributed by atoms with van der Waals surface area (Å²) < 4.78 is 13.9. The molecule has 6 heteroatoms. The highest BCUT2D eigenvalue weighted by Gasteiger charge is 2.28. The molecule has 0 fully saturated rings. The quantitative estimate of drug-likeness (QED) is 0.294. The van der Waals surface area contributed by atoms with Crippen molar-refractivity contribution in [3.8, 4) is 11.5 Å². The lowest BCUT2D eigenvalue weighted by molar-refractivity contribution is 0.101. The zero-order valence-corrected chi connectivity index (χ0v) is 18.8. The summed E-state index contributed by atoms with van der Waals surface area (Å²) in [7, 11) is 0. The second kappa shape index (κ2) is 8.38. The minimum atomic E-state index is -0.138. The van der Waals surface area contributed by atoms with Gasteiger partial charge in [-0.15, -0.1) is 0 Å². The largest absolute Gasteiger partial charge is 0.489 e. The van der Waals surface area contributed by atoms with Crippen LogP contribution in [0.3, 0.4) is 0 Å². The number of carbonyl (C=O) groups is 1. The van der Waals surface area contributed by atoms with E-state index in [1.54, 1.807) is 30.3 Å². The molecule has 0 aliphatic carbocycles. The van der Waals surface area contributed by atoms with Crippen molar-refractivity contribution in [1.82, 2.24) is 4.57 Å². The molecule has 160 valence electrons. The van der Waals surface area contributed by atoms with Crippen molar-refractivity contribution in [2.45, 2.75) is 20.1 Å². The average molecular weight is 464 g/mol. The summed E-state index contributed by atoms with van der Waals surface area (Å²) in [4.78, 5) is 12.9. The first-order valence-electron chi connectivity index (χ1n) is 10.3. The van der Waals surface area contributed by atoms with E-state index in [1.807, 2.05) is 36.5 Å². The van der Waals surface area contributed by atoms with Crippen molar-refractivity contribution in [3.05, 3.63) is 99.4 Å². The van der Waals surface area contributed by atoms with E-state index in [-0.39, 0.29) is 12.4 Å². The fourth-order valence-corrected chi connectivity index (χ4v) is 4.31. The van der Waals surface area contributed by atoms with Crippen molar-refractivity contribution in [3.63, 3.8) is 0 Å². The van der Waals surface area contributed by atoms with Crippen LogP contribution in [0, 0.1) is 0 Å². The number of Topliss-reactive ketones (excluding diaryl/α,β-unsaturated/α-hetero) is 1. The molecule has 0 bridgehead atoms. The number of halogens is 2. The molecule has 0 spiro atoms. The maximum absolute atomic E-state index is 12.9. The summed E-state index contributed by atoms with van der Waals surface area (Å²) in [5.41, 5.74) is 3.42. The molecule has 0 amide bonds. The molecule has 1 aromatic heterocycles. The average Bonchev–Trinajstić information content (AvgIpc) is 3.30. The number of para-hydroxylation sites is 1. The second-order valence-corrected chi connectivity index (χ2v) is 8.35. The van der Waals surface area contributed by atoms with Crippen LogP contribution in [-0.2, 0) is 13.2 Å². The lowest BCUT2D eigenvalue weighted by Gasteiger charge is -2.09. The molecule has 0 radical (unpaired) electrons. The van der Waals surface area contributed by atoms with Crippen LogP contribution >= 0.6 is 23.2 Å². The number of nitrogens with zero attached hydrogens (tertiary/aromatic N) is 1. The van der Waals surface area contributed by atoms with Crippen LogP contribution in [0.25, 0.3) is 17.0 Å². The summed E-state index contributed by atoms with van der Waals surface area (Å²) in [6.07, 6.45) is 3.85.